The molecule has 0 aliphatic heterocycles. The Morgan fingerprint density at radius 2 is 2.00 bits per heavy atom. The number of methoxy groups -OCH3 is 1. The monoisotopic (exact) mass is 369 g/mol. The van der Waals surface area contributed by atoms with Gasteiger partial charge in [0.15, 0.2) is 0 Å². The van der Waals surface area contributed by atoms with Crippen LogP contribution in [0.1, 0.15) is 31.4 Å². The summed E-state index contributed by atoms with van der Waals surface area (Å²) in [7, 11) is 1.64. The number of hydrogen-bond donors (Lipinski definition) is 2. The number of carbonyl (C=O) groups is 1. The number of fused-ring (bicyclic) bond motifs is 2. The number of carbonyl (C=O) groups excluding carboxylic acids is 1. The molecule has 0 radical (unpaired) electrons. The van der Waals surface area contributed by atoms with Crippen molar-refractivity contribution in [1.29, 1.82) is 0 Å². The van der Waals surface area contributed by atoms with Crippen LogP contribution in [-0.2, 0) is 4.79 Å². The fourth-order valence-corrected chi connectivity index (χ4v) is 4.40. The molecule has 3 atom stereocenters. The van der Waals surface area contributed by atoms with E-state index in [-0.39, 0.29) is 5.91 Å². The van der Waals surface area contributed by atoms with Crippen molar-refractivity contribution in [3.05, 3.63) is 47.1 Å². The summed E-state index contributed by atoms with van der Waals surface area (Å²) < 4.78 is 11.0. The first kappa shape index (κ1) is 17.3. The molecule has 1 aromatic carbocycles. The molecule has 0 spiro atoms. The van der Waals surface area contributed by atoms with Crippen molar-refractivity contribution in [3.8, 4) is 17.1 Å². The second kappa shape index (κ2) is 7.23. The first-order valence-electron chi connectivity index (χ1n) is 9.08. The normalized spacial score (nSPS) is 24.7. The molecule has 0 saturated heterocycles. The number of hydrogen-bond acceptors (Lipinski definition) is 4. The largest absolute Gasteiger partial charge is 0.497 e. The van der Waals surface area contributed by atoms with Crippen molar-refractivity contribution < 1.29 is 13.9 Å². The zero-order valence-electron chi connectivity index (χ0n) is 14.8. The van der Waals surface area contributed by atoms with Crippen molar-refractivity contribution in [3.63, 3.8) is 0 Å². The average molecular weight is 369 g/mol. The van der Waals surface area contributed by atoms with Crippen LogP contribution in [0.5, 0.6) is 5.75 Å². The van der Waals surface area contributed by atoms with Crippen LogP contribution in [0, 0.1) is 11.8 Å². The number of furan rings is 1. The average Bonchev–Trinajstić information content (AvgIpc) is 3.39. The first-order chi connectivity index (χ1) is 12.6. The Morgan fingerprint density at radius 3 is 2.65 bits per heavy atom. The lowest BCUT2D eigenvalue weighted by Crippen LogP contribution is -2.38. The Morgan fingerprint density at radius 1 is 1.19 bits per heavy atom. The van der Waals surface area contributed by atoms with Gasteiger partial charge in [0.1, 0.15) is 17.3 Å². The Kier molecular flexibility index (Phi) is 4.81. The molecule has 2 aromatic rings. The predicted octanol–water partition coefficient (Wildman–Crippen LogP) is 4.53. The van der Waals surface area contributed by atoms with E-state index in [0.29, 0.717) is 22.6 Å². The maximum absolute atomic E-state index is 12.4. The summed E-state index contributed by atoms with van der Waals surface area (Å²) in [5.41, 5.74) is 0.956. The van der Waals surface area contributed by atoms with E-state index >= 15 is 0 Å². The van der Waals surface area contributed by atoms with Gasteiger partial charge in [-0.1, -0.05) is 6.42 Å². The summed E-state index contributed by atoms with van der Waals surface area (Å²) in [5, 5.41) is 3.14. The van der Waals surface area contributed by atoms with Gasteiger partial charge in [-0.05, 0) is 73.6 Å². The third-order valence-corrected chi connectivity index (χ3v) is 5.90. The topological polar surface area (TPSA) is 51.5 Å². The molecule has 2 aliphatic carbocycles. The lowest BCUT2D eigenvalue weighted by molar-refractivity contribution is -0.117. The quantitative estimate of drug-likeness (QED) is 0.601. The molecule has 3 unspecified atom stereocenters. The molecule has 1 N–H and O–H groups in total. The van der Waals surface area contributed by atoms with Crippen LogP contribution in [0.2, 0.25) is 0 Å². The fraction of sp³-hybridized carbons (Fsp3) is 0.381. The van der Waals surface area contributed by atoms with Gasteiger partial charge in [-0.2, -0.15) is 0 Å². The minimum absolute atomic E-state index is 0.117. The van der Waals surface area contributed by atoms with Crippen LogP contribution < -0.4 is 10.1 Å². The first-order valence-corrected chi connectivity index (χ1v) is 9.53. The molecule has 136 valence electrons. The fourth-order valence-electron chi connectivity index (χ4n) is 4.20. The van der Waals surface area contributed by atoms with E-state index in [2.05, 4.69) is 17.9 Å². The van der Waals surface area contributed by atoms with Gasteiger partial charge in [0.05, 0.1) is 12.0 Å². The SMILES string of the molecule is COc1ccc(-c2ccc(/C=C(\S)C(=O)NC3CC4CCC3C4)o2)cc1. The number of benzene rings is 1. The van der Waals surface area contributed by atoms with E-state index in [4.69, 9.17) is 9.15 Å². The van der Waals surface area contributed by atoms with E-state index in [1.54, 1.807) is 13.2 Å². The van der Waals surface area contributed by atoms with Crippen LogP contribution in [-0.4, -0.2) is 19.1 Å². The summed E-state index contributed by atoms with van der Waals surface area (Å²) in [6.45, 7) is 0. The van der Waals surface area contributed by atoms with E-state index < -0.39 is 0 Å². The molecule has 2 fully saturated rings. The van der Waals surface area contributed by atoms with Gasteiger partial charge < -0.3 is 14.5 Å². The summed E-state index contributed by atoms with van der Waals surface area (Å²) >= 11 is 4.37. The molecule has 2 aliphatic rings. The third kappa shape index (κ3) is 3.54. The Balaban J connectivity index is 1.42. The molecule has 2 bridgehead atoms. The summed E-state index contributed by atoms with van der Waals surface area (Å²) in [6.07, 6.45) is 6.62. The van der Waals surface area contributed by atoms with Crippen LogP contribution in [0.4, 0.5) is 0 Å². The highest BCUT2D eigenvalue weighted by Crippen LogP contribution is 2.44. The van der Waals surface area contributed by atoms with Crippen molar-refractivity contribution in [2.75, 3.05) is 7.11 Å². The van der Waals surface area contributed by atoms with Crippen molar-refractivity contribution >= 4 is 24.6 Å². The molecule has 2 saturated carbocycles. The second-order valence-electron chi connectivity index (χ2n) is 7.21. The second-order valence-corrected chi connectivity index (χ2v) is 7.70. The van der Waals surface area contributed by atoms with Crippen LogP contribution in [0.3, 0.4) is 0 Å². The van der Waals surface area contributed by atoms with Crippen molar-refractivity contribution in [2.24, 2.45) is 11.8 Å². The van der Waals surface area contributed by atoms with Gasteiger partial charge in [-0.25, -0.2) is 0 Å². The van der Waals surface area contributed by atoms with Gasteiger partial charge in [0.2, 0.25) is 0 Å². The number of amides is 1. The molecule has 1 aromatic heterocycles. The van der Waals surface area contributed by atoms with E-state index in [0.717, 1.165) is 29.4 Å². The van der Waals surface area contributed by atoms with Crippen LogP contribution >= 0.6 is 12.6 Å². The molecule has 5 heteroatoms. The van der Waals surface area contributed by atoms with Gasteiger partial charge in [-0.3, -0.25) is 4.79 Å². The maximum Gasteiger partial charge on any atom is 0.257 e. The molecular weight excluding hydrogens is 346 g/mol. The zero-order chi connectivity index (χ0) is 18.1. The number of thiol groups is 1. The smallest absolute Gasteiger partial charge is 0.257 e. The standard InChI is InChI=1S/C21H23NO3S/c1-24-16-6-4-14(5-7-16)19-9-8-17(25-19)12-20(26)21(23)22-18-11-13-2-3-15(18)10-13/h4-9,12-13,15,18,26H,2-3,10-11H2,1H3,(H,22,23)/b20-12-. The number of rotatable bonds is 5. The third-order valence-electron chi connectivity index (χ3n) is 5.57. The van der Waals surface area contributed by atoms with Gasteiger partial charge in [0, 0.05) is 11.6 Å². The maximum atomic E-state index is 12.4. The molecule has 4 rings (SSSR count). The number of nitrogens with one attached hydrogen (secondary N) is 1. The van der Waals surface area contributed by atoms with Crippen LogP contribution in [0.25, 0.3) is 17.4 Å². The highest BCUT2D eigenvalue weighted by molar-refractivity contribution is 7.85. The minimum atomic E-state index is -0.117. The molecule has 4 nitrogen and oxygen atoms in total. The Labute approximate surface area is 159 Å². The lowest BCUT2D eigenvalue weighted by atomic mass is 9.95. The highest BCUT2D eigenvalue weighted by Gasteiger charge is 2.40. The van der Waals surface area contributed by atoms with E-state index in [1.165, 1.54) is 19.3 Å². The number of ether oxygens (including phenoxy) is 1. The summed E-state index contributed by atoms with van der Waals surface area (Å²) in [6, 6.07) is 11.7. The Bertz CT molecular complexity index is 824. The molecule has 1 heterocycles. The van der Waals surface area contributed by atoms with Crippen LogP contribution in [0.15, 0.2) is 45.7 Å². The van der Waals surface area contributed by atoms with Gasteiger partial charge >= 0.3 is 0 Å². The van der Waals surface area contributed by atoms with Crippen molar-refractivity contribution in [1.82, 2.24) is 5.32 Å². The molecular formula is C21H23NO3S. The van der Waals surface area contributed by atoms with Gasteiger partial charge in [0.25, 0.3) is 5.91 Å². The summed E-state index contributed by atoms with van der Waals surface area (Å²) in [5.74, 6) is 3.49. The predicted molar refractivity (Wildman–Crippen MR) is 105 cm³/mol. The Hall–Kier alpha value is -2.14. The van der Waals surface area contributed by atoms with Gasteiger partial charge in [-0.15, -0.1) is 12.6 Å². The van der Waals surface area contributed by atoms with E-state index in [1.807, 2.05) is 36.4 Å². The van der Waals surface area contributed by atoms with Crippen molar-refractivity contribution in [2.45, 2.75) is 31.7 Å². The minimum Gasteiger partial charge on any atom is -0.497 e. The summed E-state index contributed by atoms with van der Waals surface area (Å²) in [4.78, 5) is 12.8. The molecule has 1 amide bonds. The zero-order valence-corrected chi connectivity index (χ0v) is 15.7. The molecule has 26 heavy (non-hydrogen) atoms. The lowest BCUT2D eigenvalue weighted by Gasteiger charge is -2.22. The van der Waals surface area contributed by atoms with E-state index in [9.17, 15) is 4.79 Å². The highest BCUT2D eigenvalue weighted by atomic mass is 32.1.